The van der Waals surface area contributed by atoms with Gasteiger partial charge in [-0.3, -0.25) is 0 Å². The van der Waals surface area contributed by atoms with Gasteiger partial charge < -0.3 is 9.84 Å². The van der Waals surface area contributed by atoms with E-state index in [0.29, 0.717) is 12.3 Å². The van der Waals surface area contributed by atoms with Crippen molar-refractivity contribution >= 4 is 0 Å². The van der Waals surface area contributed by atoms with Crippen molar-refractivity contribution in [1.82, 2.24) is 4.98 Å². The molecule has 0 aliphatic carbocycles. The van der Waals surface area contributed by atoms with Crippen molar-refractivity contribution in [2.24, 2.45) is 0 Å². The van der Waals surface area contributed by atoms with Crippen LogP contribution in [-0.4, -0.2) is 10.1 Å². The summed E-state index contributed by atoms with van der Waals surface area (Å²) in [5.41, 5.74) is 2.94. The number of nitrogens with zero attached hydrogens (tertiary/aromatic N) is 2. The predicted molar refractivity (Wildman–Crippen MR) is 75.1 cm³/mol. The minimum Gasteiger partial charge on any atom is -0.489 e. The van der Waals surface area contributed by atoms with E-state index in [-0.39, 0.29) is 0 Å². The second-order valence-electron chi connectivity index (χ2n) is 4.61. The quantitative estimate of drug-likeness (QED) is 0.925. The van der Waals surface area contributed by atoms with Crippen molar-refractivity contribution < 1.29 is 9.84 Å². The van der Waals surface area contributed by atoms with E-state index in [9.17, 15) is 5.11 Å². The fourth-order valence-electron chi connectivity index (χ4n) is 1.91. The Kier molecular flexibility index (Phi) is 4.34. The van der Waals surface area contributed by atoms with Crippen LogP contribution in [0.25, 0.3) is 0 Å². The lowest BCUT2D eigenvalue weighted by Crippen LogP contribution is -2.01. The Morgan fingerprint density at radius 1 is 1.40 bits per heavy atom. The molecule has 1 aromatic heterocycles. The monoisotopic (exact) mass is 268 g/mol. The fourth-order valence-corrected chi connectivity index (χ4v) is 1.91. The van der Waals surface area contributed by atoms with Crippen LogP contribution in [0.15, 0.2) is 36.5 Å². The Labute approximate surface area is 118 Å². The van der Waals surface area contributed by atoms with Crippen LogP contribution in [0.3, 0.4) is 0 Å². The smallest absolute Gasteiger partial charge is 0.147 e. The van der Waals surface area contributed by atoms with Gasteiger partial charge in [0, 0.05) is 11.8 Å². The number of ether oxygens (including phenoxy) is 1. The summed E-state index contributed by atoms with van der Waals surface area (Å²) in [6.07, 6.45) is 1.09. The molecule has 1 N–H and O–H groups in total. The normalized spacial score (nSPS) is 11.7. The molecule has 0 unspecified atom stereocenters. The molecule has 1 aromatic carbocycles. The number of pyridine rings is 1. The van der Waals surface area contributed by atoms with E-state index in [1.165, 1.54) is 0 Å². The van der Waals surface area contributed by atoms with Gasteiger partial charge in [0.1, 0.15) is 24.1 Å². The molecule has 102 valence electrons. The molecule has 0 saturated heterocycles. The molecule has 0 aliphatic rings. The zero-order valence-electron chi connectivity index (χ0n) is 11.5. The maximum atomic E-state index is 9.53. The lowest BCUT2D eigenvalue weighted by Gasteiger charge is -2.12. The van der Waals surface area contributed by atoms with Crippen LogP contribution in [0.5, 0.6) is 5.75 Å². The van der Waals surface area contributed by atoms with E-state index in [2.05, 4.69) is 4.98 Å². The topological polar surface area (TPSA) is 66.1 Å². The molecule has 0 amide bonds. The van der Waals surface area contributed by atoms with Crippen LogP contribution in [0.2, 0.25) is 0 Å². The van der Waals surface area contributed by atoms with Gasteiger partial charge in [0.05, 0.1) is 6.10 Å². The molecule has 0 aliphatic heterocycles. The first-order chi connectivity index (χ1) is 9.61. The number of aryl methyl sites for hydroxylation is 1. The Morgan fingerprint density at radius 3 is 2.85 bits per heavy atom. The number of benzene rings is 1. The van der Waals surface area contributed by atoms with Gasteiger partial charge in [-0.15, -0.1) is 0 Å². The number of rotatable bonds is 4. The van der Waals surface area contributed by atoms with Crippen molar-refractivity contribution in [1.29, 1.82) is 5.26 Å². The molecule has 0 fully saturated rings. The molecule has 0 spiro atoms. The number of aliphatic hydroxyl groups is 1. The minimum absolute atomic E-state index is 0.297. The molecular formula is C16H16N2O2. The summed E-state index contributed by atoms with van der Waals surface area (Å²) in [6.45, 7) is 3.95. The highest BCUT2D eigenvalue weighted by Gasteiger charge is 2.07. The third kappa shape index (κ3) is 3.14. The molecule has 4 nitrogen and oxygen atoms in total. The highest BCUT2D eigenvalue weighted by molar-refractivity contribution is 5.37. The minimum atomic E-state index is -0.494. The molecule has 1 heterocycles. The highest BCUT2D eigenvalue weighted by atomic mass is 16.5. The Hall–Kier alpha value is -2.38. The van der Waals surface area contributed by atoms with Gasteiger partial charge >= 0.3 is 0 Å². The fraction of sp³-hybridized carbons (Fsp3) is 0.250. The van der Waals surface area contributed by atoms with Crippen molar-refractivity contribution in [3.05, 3.63) is 58.9 Å². The van der Waals surface area contributed by atoms with Crippen LogP contribution in [0.1, 0.15) is 35.4 Å². The molecule has 2 rings (SSSR count). The molecule has 0 bridgehead atoms. The van der Waals surface area contributed by atoms with Crippen molar-refractivity contribution in [3.8, 4) is 11.8 Å². The molecule has 0 saturated carbocycles. The average Bonchev–Trinajstić information content (AvgIpc) is 2.46. The van der Waals surface area contributed by atoms with Gasteiger partial charge in [0.25, 0.3) is 0 Å². The van der Waals surface area contributed by atoms with E-state index in [0.717, 1.165) is 22.4 Å². The number of nitriles is 1. The maximum absolute atomic E-state index is 9.53. The summed E-state index contributed by atoms with van der Waals surface area (Å²) in [6, 6.07) is 11.2. The molecule has 1 atom stereocenters. The number of hydrogen-bond donors (Lipinski definition) is 1. The zero-order valence-corrected chi connectivity index (χ0v) is 11.5. The van der Waals surface area contributed by atoms with Gasteiger partial charge in [-0.05, 0) is 43.2 Å². The largest absolute Gasteiger partial charge is 0.489 e. The Morgan fingerprint density at radius 2 is 2.20 bits per heavy atom. The van der Waals surface area contributed by atoms with Gasteiger partial charge in [0.15, 0.2) is 0 Å². The third-order valence-electron chi connectivity index (χ3n) is 3.06. The molecule has 20 heavy (non-hydrogen) atoms. The second kappa shape index (κ2) is 6.18. The lowest BCUT2D eigenvalue weighted by molar-refractivity contribution is 0.199. The van der Waals surface area contributed by atoms with Gasteiger partial charge in [-0.25, -0.2) is 4.98 Å². The van der Waals surface area contributed by atoms with Gasteiger partial charge in [-0.2, -0.15) is 5.26 Å². The summed E-state index contributed by atoms with van der Waals surface area (Å²) in [7, 11) is 0. The summed E-state index contributed by atoms with van der Waals surface area (Å²) in [4.78, 5) is 4.00. The standard InChI is InChI=1S/C16H16N2O2/c1-11-8-13(12(2)19)5-6-16(11)20-10-14-4-3-7-18-15(14)9-17/h3-8,12,19H,10H2,1-2H3/t12-/m0/s1. The first-order valence-corrected chi connectivity index (χ1v) is 6.37. The summed E-state index contributed by atoms with van der Waals surface area (Å²) < 4.78 is 5.73. The number of hydrogen-bond acceptors (Lipinski definition) is 4. The molecule has 0 radical (unpaired) electrons. The third-order valence-corrected chi connectivity index (χ3v) is 3.06. The number of aromatic nitrogens is 1. The number of aliphatic hydroxyl groups excluding tert-OH is 1. The maximum Gasteiger partial charge on any atom is 0.147 e. The van der Waals surface area contributed by atoms with E-state index >= 15 is 0 Å². The van der Waals surface area contributed by atoms with Crippen molar-refractivity contribution in [3.63, 3.8) is 0 Å². The predicted octanol–water partition coefficient (Wildman–Crippen LogP) is 2.89. The Balaban J connectivity index is 2.14. The average molecular weight is 268 g/mol. The van der Waals surface area contributed by atoms with Crippen LogP contribution >= 0.6 is 0 Å². The molecule has 4 heteroatoms. The SMILES string of the molecule is Cc1cc([C@H](C)O)ccc1OCc1cccnc1C#N. The lowest BCUT2D eigenvalue weighted by atomic mass is 10.1. The van der Waals surface area contributed by atoms with Crippen LogP contribution in [-0.2, 0) is 6.61 Å². The summed E-state index contributed by atoms with van der Waals surface area (Å²) in [5, 5.41) is 18.5. The van der Waals surface area contributed by atoms with Crippen LogP contribution < -0.4 is 4.74 Å². The first-order valence-electron chi connectivity index (χ1n) is 6.37. The molecule has 2 aromatic rings. The van der Waals surface area contributed by atoms with Gasteiger partial charge in [0.2, 0.25) is 0 Å². The summed E-state index contributed by atoms with van der Waals surface area (Å²) in [5.74, 6) is 0.738. The van der Waals surface area contributed by atoms with E-state index < -0.39 is 6.10 Å². The summed E-state index contributed by atoms with van der Waals surface area (Å²) >= 11 is 0. The van der Waals surface area contributed by atoms with Gasteiger partial charge in [-0.1, -0.05) is 12.1 Å². The van der Waals surface area contributed by atoms with E-state index in [1.54, 1.807) is 19.2 Å². The molecular weight excluding hydrogens is 252 g/mol. The van der Waals surface area contributed by atoms with E-state index in [4.69, 9.17) is 10.00 Å². The zero-order chi connectivity index (χ0) is 14.5. The highest BCUT2D eigenvalue weighted by Crippen LogP contribution is 2.23. The van der Waals surface area contributed by atoms with Crippen LogP contribution in [0.4, 0.5) is 0 Å². The van der Waals surface area contributed by atoms with Crippen molar-refractivity contribution in [2.75, 3.05) is 0 Å². The van der Waals surface area contributed by atoms with Crippen LogP contribution in [0, 0.1) is 18.3 Å². The second-order valence-corrected chi connectivity index (χ2v) is 4.61. The Bertz CT molecular complexity index is 645. The van der Waals surface area contributed by atoms with E-state index in [1.807, 2.05) is 37.3 Å². The first kappa shape index (κ1) is 14.0. The van der Waals surface area contributed by atoms with Crippen molar-refractivity contribution in [2.45, 2.75) is 26.6 Å².